The monoisotopic (exact) mass is 265 g/mol. The van der Waals surface area contributed by atoms with E-state index < -0.39 is 0 Å². The average Bonchev–Trinajstić information content (AvgIpc) is 2.99. The van der Waals surface area contributed by atoms with E-state index in [4.69, 9.17) is 0 Å². The van der Waals surface area contributed by atoms with Crippen LogP contribution in [0, 0.1) is 0 Å². The summed E-state index contributed by atoms with van der Waals surface area (Å²) in [6, 6.07) is 7.38. The van der Waals surface area contributed by atoms with Crippen molar-refractivity contribution in [3.63, 3.8) is 0 Å². The molecule has 0 saturated heterocycles. The Morgan fingerprint density at radius 3 is 2.80 bits per heavy atom. The molecule has 0 heterocycles. The fraction of sp³-hybridized carbons (Fsp3) is 0.538. The molecule has 3 rings (SSSR count). The van der Waals surface area contributed by atoms with E-state index in [9.17, 15) is 0 Å². The van der Waals surface area contributed by atoms with Crippen LogP contribution in [0.5, 0.6) is 0 Å². The summed E-state index contributed by atoms with van der Waals surface area (Å²) in [6.45, 7) is 0. The molecule has 1 fully saturated rings. The predicted molar refractivity (Wildman–Crippen MR) is 66.1 cm³/mol. The van der Waals surface area contributed by atoms with Crippen molar-refractivity contribution in [1.82, 2.24) is 5.32 Å². The molecular weight excluding hydrogens is 250 g/mol. The Morgan fingerprint density at radius 2 is 2.13 bits per heavy atom. The molecule has 0 aromatic heterocycles. The second-order valence-electron chi connectivity index (χ2n) is 4.89. The molecule has 1 spiro atoms. The maximum atomic E-state index is 3.58. The van der Waals surface area contributed by atoms with E-state index in [1.165, 1.54) is 35.7 Å². The summed E-state index contributed by atoms with van der Waals surface area (Å²) in [5.74, 6) is 0. The summed E-state index contributed by atoms with van der Waals surface area (Å²) < 4.78 is 1.21. The molecular formula is C13H16BrN. The van der Waals surface area contributed by atoms with Crippen molar-refractivity contribution in [1.29, 1.82) is 0 Å². The van der Waals surface area contributed by atoms with Crippen LogP contribution in [0.25, 0.3) is 0 Å². The van der Waals surface area contributed by atoms with Gasteiger partial charge in [-0.25, -0.2) is 0 Å². The summed E-state index contributed by atoms with van der Waals surface area (Å²) in [7, 11) is 2.07. The highest BCUT2D eigenvalue weighted by atomic mass is 79.9. The van der Waals surface area contributed by atoms with Crippen molar-refractivity contribution in [3.8, 4) is 0 Å². The van der Waals surface area contributed by atoms with Crippen molar-refractivity contribution < 1.29 is 0 Å². The number of halogens is 1. The molecule has 2 aliphatic carbocycles. The van der Waals surface area contributed by atoms with E-state index in [2.05, 4.69) is 46.5 Å². The van der Waals surface area contributed by atoms with Crippen LogP contribution >= 0.6 is 15.9 Å². The normalized spacial score (nSPS) is 26.4. The first-order valence-corrected chi connectivity index (χ1v) is 6.52. The van der Waals surface area contributed by atoms with Crippen LogP contribution in [-0.2, 0) is 5.41 Å². The lowest BCUT2D eigenvalue weighted by atomic mass is 9.78. The number of nitrogens with one attached hydrogen (secondary N) is 1. The molecule has 15 heavy (non-hydrogen) atoms. The first-order chi connectivity index (χ1) is 7.25. The molecule has 2 heteroatoms. The maximum Gasteiger partial charge on any atom is 0.0321 e. The van der Waals surface area contributed by atoms with Gasteiger partial charge in [-0.1, -0.05) is 22.0 Å². The fourth-order valence-corrected chi connectivity index (χ4v) is 3.36. The highest BCUT2D eigenvalue weighted by Gasteiger charge is 2.48. The number of benzene rings is 1. The predicted octanol–water partition coefficient (Wildman–Crippen LogP) is 3.54. The van der Waals surface area contributed by atoms with Crippen LogP contribution in [-0.4, -0.2) is 7.05 Å². The Bertz CT molecular complexity index is 396. The average molecular weight is 266 g/mol. The third-order valence-electron chi connectivity index (χ3n) is 4.07. The summed E-state index contributed by atoms with van der Waals surface area (Å²) >= 11 is 3.58. The highest BCUT2D eigenvalue weighted by Crippen LogP contribution is 2.57. The molecule has 0 radical (unpaired) electrons. The lowest BCUT2D eigenvalue weighted by Crippen LogP contribution is -2.26. The molecule has 1 aromatic rings. The molecule has 1 saturated carbocycles. The minimum absolute atomic E-state index is 0.559. The topological polar surface area (TPSA) is 12.0 Å². The lowest BCUT2D eigenvalue weighted by molar-refractivity contribution is 0.434. The summed E-state index contributed by atoms with van der Waals surface area (Å²) in [4.78, 5) is 0. The zero-order valence-electron chi connectivity index (χ0n) is 9.02. The minimum atomic E-state index is 0.559. The van der Waals surface area contributed by atoms with Gasteiger partial charge < -0.3 is 5.32 Å². The highest BCUT2D eigenvalue weighted by molar-refractivity contribution is 9.10. The van der Waals surface area contributed by atoms with E-state index in [1.54, 1.807) is 5.56 Å². The van der Waals surface area contributed by atoms with E-state index in [0.29, 0.717) is 11.5 Å². The largest absolute Gasteiger partial charge is 0.313 e. The molecule has 1 unspecified atom stereocenters. The smallest absolute Gasteiger partial charge is 0.0321 e. The summed E-state index contributed by atoms with van der Waals surface area (Å²) in [5.41, 5.74) is 3.70. The molecule has 0 amide bonds. The van der Waals surface area contributed by atoms with Crippen LogP contribution in [0.3, 0.4) is 0 Å². The quantitative estimate of drug-likeness (QED) is 0.819. The van der Waals surface area contributed by atoms with Gasteiger partial charge in [-0.3, -0.25) is 0 Å². The zero-order valence-corrected chi connectivity index (χ0v) is 10.6. The van der Waals surface area contributed by atoms with Gasteiger partial charge in [0.25, 0.3) is 0 Å². The summed E-state index contributed by atoms with van der Waals surface area (Å²) in [5, 5.41) is 3.43. The van der Waals surface area contributed by atoms with E-state index in [1.807, 2.05) is 0 Å². The Labute approximate surface area is 99.4 Å². The molecule has 1 N–H and O–H groups in total. The third kappa shape index (κ3) is 1.46. The van der Waals surface area contributed by atoms with Crippen LogP contribution in [0.15, 0.2) is 22.7 Å². The standard InChI is InChI=1S/C13H16BrN/c1-15-12-4-5-13(6-7-13)11-3-2-9(14)8-10(11)12/h2-3,8,12,15H,4-7H2,1H3. The van der Waals surface area contributed by atoms with Gasteiger partial charge in [0.1, 0.15) is 0 Å². The Kier molecular flexibility index (Phi) is 2.18. The van der Waals surface area contributed by atoms with E-state index >= 15 is 0 Å². The SMILES string of the molecule is CNC1CCC2(CC2)c2ccc(Br)cc21. The Hall–Kier alpha value is -0.340. The maximum absolute atomic E-state index is 3.58. The molecule has 2 aliphatic rings. The second kappa shape index (κ2) is 3.33. The molecule has 1 nitrogen and oxygen atoms in total. The molecule has 1 atom stereocenters. The molecule has 80 valence electrons. The zero-order chi connectivity index (χ0) is 10.5. The fourth-order valence-electron chi connectivity index (χ4n) is 2.99. The second-order valence-corrected chi connectivity index (χ2v) is 5.81. The first kappa shape index (κ1) is 9.86. The molecule has 0 bridgehead atoms. The van der Waals surface area contributed by atoms with Gasteiger partial charge in [-0.2, -0.15) is 0 Å². The van der Waals surface area contributed by atoms with Gasteiger partial charge in [0.15, 0.2) is 0 Å². The van der Waals surface area contributed by atoms with Crippen molar-refractivity contribution in [2.24, 2.45) is 0 Å². The third-order valence-corrected chi connectivity index (χ3v) is 4.57. The van der Waals surface area contributed by atoms with Gasteiger partial charge in [0, 0.05) is 10.5 Å². The molecule has 0 aliphatic heterocycles. The number of fused-ring (bicyclic) bond motifs is 2. The van der Waals surface area contributed by atoms with Crippen LogP contribution in [0.1, 0.15) is 42.9 Å². The van der Waals surface area contributed by atoms with Crippen molar-refractivity contribution in [3.05, 3.63) is 33.8 Å². The number of rotatable bonds is 1. The van der Waals surface area contributed by atoms with Crippen molar-refractivity contribution >= 4 is 15.9 Å². The molecule has 1 aromatic carbocycles. The van der Waals surface area contributed by atoms with E-state index in [-0.39, 0.29) is 0 Å². The Morgan fingerprint density at radius 1 is 1.33 bits per heavy atom. The number of hydrogen-bond acceptors (Lipinski definition) is 1. The first-order valence-electron chi connectivity index (χ1n) is 5.72. The van der Waals surface area contributed by atoms with Gasteiger partial charge in [0.05, 0.1) is 0 Å². The van der Waals surface area contributed by atoms with Crippen LogP contribution in [0.4, 0.5) is 0 Å². The Balaban J connectivity index is 2.12. The van der Waals surface area contributed by atoms with Gasteiger partial charge in [-0.15, -0.1) is 0 Å². The van der Waals surface area contributed by atoms with Crippen molar-refractivity contribution in [2.75, 3.05) is 7.05 Å². The van der Waals surface area contributed by atoms with Gasteiger partial charge >= 0.3 is 0 Å². The number of hydrogen-bond donors (Lipinski definition) is 1. The minimum Gasteiger partial charge on any atom is -0.313 e. The van der Waals surface area contributed by atoms with Gasteiger partial charge in [0.2, 0.25) is 0 Å². The van der Waals surface area contributed by atoms with Crippen LogP contribution < -0.4 is 5.32 Å². The summed E-state index contributed by atoms with van der Waals surface area (Å²) in [6.07, 6.45) is 5.46. The van der Waals surface area contributed by atoms with Crippen molar-refractivity contribution in [2.45, 2.75) is 37.1 Å². The van der Waals surface area contributed by atoms with Crippen LogP contribution in [0.2, 0.25) is 0 Å². The van der Waals surface area contributed by atoms with E-state index in [0.717, 1.165) is 0 Å². The lowest BCUT2D eigenvalue weighted by Gasteiger charge is -2.31. The van der Waals surface area contributed by atoms with Gasteiger partial charge in [-0.05, 0) is 61.4 Å².